The molecule has 0 fully saturated rings. The van der Waals surface area contributed by atoms with Crippen LogP contribution in [0.2, 0.25) is 0 Å². The van der Waals surface area contributed by atoms with Gasteiger partial charge in [-0.1, -0.05) is 13.8 Å². The van der Waals surface area contributed by atoms with Crippen molar-refractivity contribution in [3.05, 3.63) is 23.7 Å². The van der Waals surface area contributed by atoms with Crippen LogP contribution in [0.25, 0.3) is 0 Å². The van der Waals surface area contributed by atoms with Crippen LogP contribution in [0.5, 0.6) is 0 Å². The highest BCUT2D eigenvalue weighted by Crippen LogP contribution is 2.25. The van der Waals surface area contributed by atoms with E-state index in [9.17, 15) is 14.7 Å². The van der Waals surface area contributed by atoms with Gasteiger partial charge in [-0.3, -0.25) is 9.59 Å². The first-order valence-electron chi connectivity index (χ1n) is 6.58. The number of carboxylic acid groups (broad SMARTS) is 1. The summed E-state index contributed by atoms with van der Waals surface area (Å²) in [7, 11) is 0. The molecule has 2 N–H and O–H groups in total. The number of hydrogen-bond acceptors (Lipinski definition) is 4. The topological polar surface area (TPSA) is 79.5 Å². The minimum Gasteiger partial charge on any atom is -0.481 e. The number of carbonyl (C=O) groups excluding carboxylic acids is 1. The van der Waals surface area contributed by atoms with Crippen LogP contribution in [0, 0.1) is 5.41 Å². The Labute approximate surface area is 123 Å². The van der Waals surface area contributed by atoms with Crippen molar-refractivity contribution >= 4 is 23.6 Å². The number of amides is 1. The highest BCUT2D eigenvalue weighted by molar-refractivity contribution is 7.97. The van der Waals surface area contributed by atoms with E-state index in [0.29, 0.717) is 18.6 Å². The third kappa shape index (κ3) is 3.79. The van der Waals surface area contributed by atoms with E-state index in [2.05, 4.69) is 5.32 Å². The fourth-order valence-corrected chi connectivity index (χ4v) is 2.37. The Morgan fingerprint density at radius 2 is 2.00 bits per heavy atom. The molecule has 1 amide bonds. The first kappa shape index (κ1) is 16.6. The number of aliphatic carboxylic acids is 1. The van der Waals surface area contributed by atoms with E-state index < -0.39 is 11.4 Å². The van der Waals surface area contributed by atoms with Gasteiger partial charge in [0.15, 0.2) is 5.76 Å². The Morgan fingerprint density at radius 3 is 2.50 bits per heavy atom. The molecule has 0 aliphatic heterocycles. The molecule has 0 radical (unpaired) electrons. The molecule has 0 bridgehead atoms. The van der Waals surface area contributed by atoms with Crippen LogP contribution in [0.3, 0.4) is 0 Å². The predicted octanol–water partition coefficient (Wildman–Crippen LogP) is 2.76. The molecule has 0 aliphatic rings. The molecule has 112 valence electrons. The van der Waals surface area contributed by atoms with Crippen molar-refractivity contribution in [1.29, 1.82) is 0 Å². The molecule has 6 heteroatoms. The van der Waals surface area contributed by atoms with Crippen molar-refractivity contribution in [3.8, 4) is 0 Å². The lowest BCUT2D eigenvalue weighted by Crippen LogP contribution is -2.42. The van der Waals surface area contributed by atoms with Gasteiger partial charge < -0.3 is 14.8 Å². The van der Waals surface area contributed by atoms with Crippen LogP contribution in [0.15, 0.2) is 16.5 Å². The summed E-state index contributed by atoms with van der Waals surface area (Å²) < 4.78 is 5.40. The summed E-state index contributed by atoms with van der Waals surface area (Å²) in [5, 5.41) is 12.0. The van der Waals surface area contributed by atoms with Gasteiger partial charge >= 0.3 is 5.97 Å². The summed E-state index contributed by atoms with van der Waals surface area (Å²) in [5.74, 6) is 0.407. The third-order valence-electron chi connectivity index (χ3n) is 3.57. The number of hydrogen-bond donors (Lipinski definition) is 2. The maximum atomic E-state index is 12.0. The molecule has 0 saturated heterocycles. The summed E-state index contributed by atoms with van der Waals surface area (Å²) in [6, 6.07) is 3.37. The summed E-state index contributed by atoms with van der Waals surface area (Å²) in [5.41, 5.74) is -0.912. The molecule has 1 rings (SSSR count). The van der Waals surface area contributed by atoms with Crippen LogP contribution in [-0.2, 0) is 10.5 Å². The SMILES string of the molecule is CCC(CC)(CNC(=O)c1ccc(CSC)o1)C(=O)O. The second kappa shape index (κ2) is 7.38. The van der Waals surface area contributed by atoms with Gasteiger partial charge in [0.2, 0.25) is 0 Å². The molecular weight excluding hydrogens is 278 g/mol. The monoisotopic (exact) mass is 299 g/mol. The van der Waals surface area contributed by atoms with Gasteiger partial charge in [-0.2, -0.15) is 11.8 Å². The van der Waals surface area contributed by atoms with Crippen LogP contribution >= 0.6 is 11.8 Å². The lowest BCUT2D eigenvalue weighted by atomic mass is 9.82. The van der Waals surface area contributed by atoms with Gasteiger partial charge in [-0.25, -0.2) is 0 Å². The average Bonchev–Trinajstić information content (AvgIpc) is 2.89. The minimum absolute atomic E-state index is 0.104. The van der Waals surface area contributed by atoms with Gasteiger partial charge in [0.05, 0.1) is 11.2 Å². The highest BCUT2D eigenvalue weighted by atomic mass is 32.2. The summed E-state index contributed by atoms with van der Waals surface area (Å²) in [6.07, 6.45) is 2.88. The third-order valence-corrected chi connectivity index (χ3v) is 4.14. The summed E-state index contributed by atoms with van der Waals surface area (Å²) in [4.78, 5) is 23.3. The van der Waals surface area contributed by atoms with E-state index in [0.717, 1.165) is 5.76 Å². The number of thioether (sulfide) groups is 1. The highest BCUT2D eigenvalue weighted by Gasteiger charge is 2.35. The lowest BCUT2D eigenvalue weighted by Gasteiger charge is -2.26. The molecule has 0 unspecified atom stereocenters. The zero-order chi connectivity index (χ0) is 15.2. The van der Waals surface area contributed by atoms with Gasteiger partial charge in [-0.15, -0.1) is 0 Å². The van der Waals surface area contributed by atoms with Crippen molar-refractivity contribution in [2.45, 2.75) is 32.4 Å². The normalized spacial score (nSPS) is 11.3. The number of rotatable bonds is 8. The van der Waals surface area contributed by atoms with E-state index in [1.54, 1.807) is 23.9 Å². The van der Waals surface area contributed by atoms with Crippen LogP contribution in [0.1, 0.15) is 43.0 Å². The van der Waals surface area contributed by atoms with Crippen molar-refractivity contribution in [2.75, 3.05) is 12.8 Å². The molecule has 0 atom stereocenters. The Balaban J connectivity index is 2.67. The molecule has 1 aromatic heterocycles. The smallest absolute Gasteiger partial charge is 0.311 e. The van der Waals surface area contributed by atoms with E-state index in [4.69, 9.17) is 4.42 Å². The van der Waals surface area contributed by atoms with Crippen molar-refractivity contribution in [1.82, 2.24) is 5.32 Å². The van der Waals surface area contributed by atoms with Crippen molar-refractivity contribution in [2.24, 2.45) is 5.41 Å². The molecule has 0 aromatic carbocycles. The van der Waals surface area contributed by atoms with Crippen LogP contribution in [-0.4, -0.2) is 29.8 Å². The number of carboxylic acids is 1. The fourth-order valence-electron chi connectivity index (χ4n) is 1.93. The fraction of sp³-hybridized carbons (Fsp3) is 0.571. The molecule has 5 nitrogen and oxygen atoms in total. The zero-order valence-corrected chi connectivity index (χ0v) is 12.9. The van der Waals surface area contributed by atoms with Gasteiger partial charge in [-0.05, 0) is 31.2 Å². The Hall–Kier alpha value is -1.43. The van der Waals surface area contributed by atoms with Gasteiger partial charge in [0, 0.05) is 6.54 Å². The maximum absolute atomic E-state index is 12.0. The van der Waals surface area contributed by atoms with Gasteiger partial charge in [0.25, 0.3) is 5.91 Å². The zero-order valence-electron chi connectivity index (χ0n) is 12.1. The standard InChI is InChI=1S/C14H21NO4S/c1-4-14(5-2,13(17)18)9-15-12(16)11-7-6-10(19-11)8-20-3/h6-7H,4-5,8-9H2,1-3H3,(H,15,16)(H,17,18). The first-order valence-corrected chi connectivity index (χ1v) is 7.97. The predicted molar refractivity (Wildman–Crippen MR) is 78.9 cm³/mol. The molecule has 20 heavy (non-hydrogen) atoms. The first-order chi connectivity index (χ1) is 9.49. The summed E-state index contributed by atoms with van der Waals surface area (Å²) in [6.45, 7) is 3.73. The van der Waals surface area contributed by atoms with Crippen molar-refractivity contribution < 1.29 is 19.1 Å². The van der Waals surface area contributed by atoms with E-state index >= 15 is 0 Å². The molecule has 1 heterocycles. The number of carbonyl (C=O) groups is 2. The number of furan rings is 1. The van der Waals surface area contributed by atoms with Crippen molar-refractivity contribution in [3.63, 3.8) is 0 Å². The number of nitrogens with one attached hydrogen (secondary N) is 1. The van der Waals surface area contributed by atoms with Crippen LogP contribution < -0.4 is 5.32 Å². The average molecular weight is 299 g/mol. The van der Waals surface area contributed by atoms with E-state index in [1.165, 1.54) is 0 Å². The lowest BCUT2D eigenvalue weighted by molar-refractivity contribution is -0.149. The van der Waals surface area contributed by atoms with Gasteiger partial charge in [0.1, 0.15) is 5.76 Å². The second-order valence-corrected chi connectivity index (χ2v) is 5.54. The molecule has 0 spiro atoms. The molecular formula is C14H21NO4S. The minimum atomic E-state index is -0.912. The molecule has 0 saturated carbocycles. The Kier molecular flexibility index (Phi) is 6.13. The Morgan fingerprint density at radius 1 is 1.35 bits per heavy atom. The Bertz CT molecular complexity index is 465. The molecule has 1 aromatic rings. The van der Waals surface area contributed by atoms with E-state index in [-0.39, 0.29) is 18.2 Å². The van der Waals surface area contributed by atoms with Crippen LogP contribution in [0.4, 0.5) is 0 Å². The maximum Gasteiger partial charge on any atom is 0.311 e. The summed E-state index contributed by atoms with van der Waals surface area (Å²) >= 11 is 1.61. The quantitative estimate of drug-likeness (QED) is 0.771. The second-order valence-electron chi connectivity index (χ2n) is 4.67. The molecule has 0 aliphatic carbocycles. The van der Waals surface area contributed by atoms with E-state index in [1.807, 2.05) is 20.1 Å². The largest absolute Gasteiger partial charge is 0.481 e.